The van der Waals surface area contributed by atoms with Crippen molar-refractivity contribution in [1.82, 2.24) is 3.98 Å². The molecule has 2 heteroatoms. The summed E-state index contributed by atoms with van der Waals surface area (Å²) in [6.07, 6.45) is 6.39. The van der Waals surface area contributed by atoms with E-state index in [1.807, 2.05) is 0 Å². The molecule has 0 bridgehead atoms. The van der Waals surface area contributed by atoms with Gasteiger partial charge in [-0.05, 0) is 0 Å². The molecule has 1 nitrogen and oxygen atoms in total. The first-order valence-electron chi connectivity index (χ1n) is 5.94. The number of aryl methyl sites for hydroxylation is 1. The molecule has 0 N–H and O–H groups in total. The van der Waals surface area contributed by atoms with E-state index < -0.39 is 0 Å². The molecule has 0 unspecified atom stereocenters. The van der Waals surface area contributed by atoms with Crippen molar-refractivity contribution in [3.63, 3.8) is 0 Å². The van der Waals surface area contributed by atoms with Crippen LogP contribution in [-0.4, -0.2) is 18.7 Å². The number of fused-ring (bicyclic) bond motifs is 1. The Bertz CT molecular complexity index is 473. The standard InChI is InChI=1S/C14H15NSe/c1-2-6-11(7-3-1)10-13-12-8-4-5-9-14(12)16-15-13/h1-3,6-7H,4-5,8-10H2. The van der Waals surface area contributed by atoms with E-state index in [2.05, 4.69) is 30.3 Å². The van der Waals surface area contributed by atoms with E-state index in [4.69, 9.17) is 3.98 Å². The fourth-order valence-electron chi connectivity index (χ4n) is 2.38. The van der Waals surface area contributed by atoms with Gasteiger partial charge in [0.15, 0.2) is 0 Å². The van der Waals surface area contributed by atoms with Crippen molar-refractivity contribution in [2.45, 2.75) is 32.1 Å². The van der Waals surface area contributed by atoms with Crippen LogP contribution < -0.4 is 0 Å². The summed E-state index contributed by atoms with van der Waals surface area (Å²) in [5.41, 5.74) is 4.41. The van der Waals surface area contributed by atoms with Gasteiger partial charge in [-0.25, -0.2) is 0 Å². The van der Waals surface area contributed by atoms with E-state index in [9.17, 15) is 0 Å². The Balaban J connectivity index is 1.88. The predicted octanol–water partition coefficient (Wildman–Crippen LogP) is 2.61. The van der Waals surface area contributed by atoms with Gasteiger partial charge in [0.2, 0.25) is 0 Å². The Morgan fingerprint density at radius 1 is 1.06 bits per heavy atom. The third kappa shape index (κ3) is 2.00. The van der Waals surface area contributed by atoms with E-state index in [1.54, 1.807) is 10.0 Å². The van der Waals surface area contributed by atoms with Crippen molar-refractivity contribution in [1.29, 1.82) is 0 Å². The second-order valence-electron chi connectivity index (χ2n) is 4.40. The van der Waals surface area contributed by atoms with Crippen molar-refractivity contribution in [2.75, 3.05) is 0 Å². The Labute approximate surface area is 103 Å². The van der Waals surface area contributed by atoms with E-state index >= 15 is 0 Å². The molecule has 3 rings (SSSR count). The van der Waals surface area contributed by atoms with Crippen molar-refractivity contribution < 1.29 is 0 Å². The van der Waals surface area contributed by atoms with Crippen LogP contribution in [0.15, 0.2) is 30.3 Å². The Hall–Kier alpha value is -0.851. The molecule has 16 heavy (non-hydrogen) atoms. The Kier molecular flexibility index (Phi) is 2.94. The molecule has 0 saturated carbocycles. The minimum atomic E-state index is 0.430. The van der Waals surface area contributed by atoms with Crippen molar-refractivity contribution in [3.8, 4) is 0 Å². The number of hydrogen-bond donors (Lipinski definition) is 0. The Morgan fingerprint density at radius 2 is 1.88 bits per heavy atom. The molecule has 1 heterocycles. The molecular formula is C14H15NSe. The fourth-order valence-corrected chi connectivity index (χ4v) is 4.39. The zero-order valence-corrected chi connectivity index (χ0v) is 11.0. The maximum absolute atomic E-state index is 4.78. The van der Waals surface area contributed by atoms with Crippen LogP contribution in [0.25, 0.3) is 0 Å². The third-order valence-electron chi connectivity index (χ3n) is 3.25. The van der Waals surface area contributed by atoms with Gasteiger partial charge in [-0.15, -0.1) is 0 Å². The van der Waals surface area contributed by atoms with Gasteiger partial charge in [-0.2, -0.15) is 0 Å². The number of aromatic nitrogens is 1. The van der Waals surface area contributed by atoms with Gasteiger partial charge in [0.05, 0.1) is 0 Å². The summed E-state index contributed by atoms with van der Waals surface area (Å²) >= 11 is 0.430. The normalized spacial score (nSPS) is 14.8. The van der Waals surface area contributed by atoms with Gasteiger partial charge >= 0.3 is 102 Å². The molecule has 1 aromatic heterocycles. The van der Waals surface area contributed by atoms with Crippen LogP contribution in [-0.2, 0) is 19.3 Å². The van der Waals surface area contributed by atoms with Crippen molar-refractivity contribution in [2.24, 2.45) is 0 Å². The average molecular weight is 276 g/mol. The van der Waals surface area contributed by atoms with Crippen LogP contribution in [0.2, 0.25) is 0 Å². The second-order valence-corrected chi connectivity index (χ2v) is 6.20. The molecule has 0 radical (unpaired) electrons. The first-order valence-corrected chi connectivity index (χ1v) is 7.56. The zero-order valence-electron chi connectivity index (χ0n) is 9.28. The quantitative estimate of drug-likeness (QED) is 0.768. The van der Waals surface area contributed by atoms with E-state index in [1.165, 1.54) is 36.9 Å². The predicted molar refractivity (Wildman–Crippen MR) is 67.1 cm³/mol. The molecule has 0 saturated heterocycles. The first-order chi connectivity index (χ1) is 7.93. The molecule has 0 fully saturated rings. The summed E-state index contributed by atoms with van der Waals surface area (Å²) in [5, 5.41) is 0. The molecule has 1 aliphatic carbocycles. The first kappa shape index (κ1) is 10.3. The summed E-state index contributed by atoms with van der Waals surface area (Å²) in [5.74, 6) is 0. The van der Waals surface area contributed by atoms with Gasteiger partial charge in [0, 0.05) is 0 Å². The molecule has 1 aliphatic rings. The summed E-state index contributed by atoms with van der Waals surface area (Å²) < 4.78 is 6.47. The van der Waals surface area contributed by atoms with E-state index in [-0.39, 0.29) is 0 Å². The molecule has 1 aromatic carbocycles. The zero-order chi connectivity index (χ0) is 10.8. The minimum absolute atomic E-state index is 0.430. The van der Waals surface area contributed by atoms with Crippen molar-refractivity contribution >= 4 is 14.7 Å². The molecule has 2 aromatic rings. The van der Waals surface area contributed by atoms with E-state index in [0.29, 0.717) is 14.7 Å². The Morgan fingerprint density at radius 3 is 2.75 bits per heavy atom. The van der Waals surface area contributed by atoms with Crippen LogP contribution in [0.1, 0.15) is 34.1 Å². The van der Waals surface area contributed by atoms with Crippen LogP contribution in [0.4, 0.5) is 0 Å². The molecule has 0 aliphatic heterocycles. The summed E-state index contributed by atoms with van der Waals surface area (Å²) in [6, 6.07) is 10.7. The summed E-state index contributed by atoms with van der Waals surface area (Å²) in [4.78, 5) is 0. The van der Waals surface area contributed by atoms with Gasteiger partial charge < -0.3 is 0 Å². The van der Waals surface area contributed by atoms with Crippen LogP contribution in [0.3, 0.4) is 0 Å². The van der Waals surface area contributed by atoms with Crippen LogP contribution in [0.5, 0.6) is 0 Å². The molecular weight excluding hydrogens is 261 g/mol. The van der Waals surface area contributed by atoms with Gasteiger partial charge in [0.1, 0.15) is 0 Å². The molecule has 0 spiro atoms. The average Bonchev–Trinajstić information content (AvgIpc) is 2.74. The maximum atomic E-state index is 4.78. The number of benzene rings is 1. The van der Waals surface area contributed by atoms with Gasteiger partial charge in [0.25, 0.3) is 0 Å². The topological polar surface area (TPSA) is 12.9 Å². The fraction of sp³-hybridized carbons (Fsp3) is 0.357. The third-order valence-corrected chi connectivity index (χ3v) is 5.31. The van der Waals surface area contributed by atoms with E-state index in [0.717, 1.165) is 6.42 Å². The SMILES string of the molecule is c1ccc(Cc2n[se]c3c2CCCC3)cc1. The summed E-state index contributed by atoms with van der Waals surface area (Å²) in [6.45, 7) is 0. The number of hydrogen-bond acceptors (Lipinski definition) is 1. The van der Waals surface area contributed by atoms with Gasteiger partial charge in [-0.3, -0.25) is 0 Å². The monoisotopic (exact) mass is 277 g/mol. The van der Waals surface area contributed by atoms with Crippen LogP contribution >= 0.6 is 0 Å². The molecule has 0 amide bonds. The molecule has 0 atom stereocenters. The second kappa shape index (κ2) is 4.57. The summed E-state index contributed by atoms with van der Waals surface area (Å²) in [7, 11) is 0. The number of rotatable bonds is 2. The van der Waals surface area contributed by atoms with Crippen molar-refractivity contribution in [3.05, 3.63) is 51.6 Å². The van der Waals surface area contributed by atoms with Gasteiger partial charge in [-0.1, -0.05) is 0 Å². The molecule has 82 valence electrons. The van der Waals surface area contributed by atoms with Crippen LogP contribution in [0, 0.1) is 0 Å². The number of nitrogens with zero attached hydrogens (tertiary/aromatic N) is 1.